The van der Waals surface area contributed by atoms with Gasteiger partial charge in [0.1, 0.15) is 0 Å². The van der Waals surface area contributed by atoms with Crippen LogP contribution >= 0.6 is 7.60 Å². The van der Waals surface area contributed by atoms with Crippen LogP contribution in [-0.4, -0.2) is 27.2 Å². The Balaban J connectivity index is 3.17. The fourth-order valence-corrected chi connectivity index (χ4v) is 3.32. The molecular formula is C16H35O4P. The van der Waals surface area contributed by atoms with E-state index in [9.17, 15) is 9.67 Å². The summed E-state index contributed by atoms with van der Waals surface area (Å²) in [5, 5.41) is 9.45. The van der Waals surface area contributed by atoms with Crippen LogP contribution in [0.25, 0.3) is 0 Å². The third kappa shape index (κ3) is 18.1. The SMILES string of the molecule is CCCCCCCCCCCCCCC(O)CP(=O)(O)O. The molecule has 0 heterocycles. The predicted molar refractivity (Wildman–Crippen MR) is 88.6 cm³/mol. The van der Waals surface area contributed by atoms with Crippen LogP contribution in [0.4, 0.5) is 0 Å². The van der Waals surface area contributed by atoms with Gasteiger partial charge in [0.15, 0.2) is 0 Å². The van der Waals surface area contributed by atoms with Crippen LogP contribution in [0.5, 0.6) is 0 Å². The second-order valence-corrected chi connectivity index (χ2v) is 7.87. The first kappa shape index (κ1) is 21.1. The van der Waals surface area contributed by atoms with E-state index in [1.807, 2.05) is 0 Å². The molecule has 0 amide bonds. The summed E-state index contributed by atoms with van der Waals surface area (Å²) in [5.41, 5.74) is 0. The van der Waals surface area contributed by atoms with Gasteiger partial charge in [0.05, 0.1) is 12.3 Å². The molecule has 5 heteroatoms. The second kappa shape index (κ2) is 13.8. The van der Waals surface area contributed by atoms with Crippen molar-refractivity contribution < 1.29 is 19.5 Å². The maximum Gasteiger partial charge on any atom is 0.328 e. The van der Waals surface area contributed by atoms with Gasteiger partial charge in [-0.2, -0.15) is 0 Å². The molecule has 0 fully saturated rings. The Labute approximate surface area is 130 Å². The molecule has 1 unspecified atom stereocenters. The van der Waals surface area contributed by atoms with E-state index in [-0.39, 0.29) is 0 Å². The van der Waals surface area contributed by atoms with Gasteiger partial charge < -0.3 is 14.9 Å². The Hall–Kier alpha value is 0.110. The van der Waals surface area contributed by atoms with Crippen molar-refractivity contribution in [1.82, 2.24) is 0 Å². The summed E-state index contributed by atoms with van der Waals surface area (Å²) in [5.74, 6) is 0. The molecule has 4 nitrogen and oxygen atoms in total. The van der Waals surface area contributed by atoms with Crippen molar-refractivity contribution in [3.05, 3.63) is 0 Å². The highest BCUT2D eigenvalue weighted by Gasteiger charge is 2.18. The number of hydrogen-bond donors (Lipinski definition) is 3. The quantitative estimate of drug-likeness (QED) is 0.304. The van der Waals surface area contributed by atoms with E-state index < -0.39 is 19.9 Å². The molecule has 1 atom stereocenters. The van der Waals surface area contributed by atoms with Gasteiger partial charge in [-0.15, -0.1) is 0 Å². The maximum absolute atomic E-state index is 10.7. The van der Waals surface area contributed by atoms with E-state index in [2.05, 4.69) is 6.92 Å². The van der Waals surface area contributed by atoms with Crippen LogP contribution in [-0.2, 0) is 4.57 Å². The minimum absolute atomic E-state index is 0.398. The first-order valence-corrected chi connectivity index (χ1v) is 10.5. The second-order valence-electron chi connectivity index (χ2n) is 6.18. The molecule has 3 N–H and O–H groups in total. The maximum atomic E-state index is 10.7. The van der Waals surface area contributed by atoms with Crippen molar-refractivity contribution in [2.75, 3.05) is 6.16 Å². The van der Waals surface area contributed by atoms with Crippen molar-refractivity contribution in [3.8, 4) is 0 Å². The summed E-state index contributed by atoms with van der Waals surface area (Å²) >= 11 is 0. The van der Waals surface area contributed by atoms with E-state index in [1.165, 1.54) is 64.2 Å². The summed E-state index contributed by atoms with van der Waals surface area (Å²) in [6, 6.07) is 0. The lowest BCUT2D eigenvalue weighted by molar-refractivity contribution is 0.175. The van der Waals surface area contributed by atoms with E-state index in [0.717, 1.165) is 12.8 Å². The van der Waals surface area contributed by atoms with E-state index >= 15 is 0 Å². The average molecular weight is 322 g/mol. The lowest BCUT2D eigenvalue weighted by Crippen LogP contribution is -2.12. The zero-order valence-electron chi connectivity index (χ0n) is 13.7. The Kier molecular flexibility index (Phi) is 13.8. The number of unbranched alkanes of at least 4 members (excludes halogenated alkanes) is 11. The summed E-state index contributed by atoms with van der Waals surface area (Å²) in [7, 11) is -4.06. The molecule has 0 aromatic rings. The molecule has 0 aliphatic carbocycles. The minimum Gasteiger partial charge on any atom is -0.392 e. The molecule has 0 radical (unpaired) electrons. The molecule has 0 rings (SSSR count). The normalized spacial score (nSPS) is 13.5. The minimum atomic E-state index is -4.06. The van der Waals surface area contributed by atoms with Gasteiger partial charge in [0.25, 0.3) is 0 Å². The number of hydrogen-bond acceptors (Lipinski definition) is 2. The largest absolute Gasteiger partial charge is 0.392 e. The highest BCUT2D eigenvalue weighted by Crippen LogP contribution is 2.35. The van der Waals surface area contributed by atoms with Gasteiger partial charge in [-0.05, 0) is 6.42 Å². The van der Waals surface area contributed by atoms with Gasteiger partial charge >= 0.3 is 7.60 Å². The summed E-state index contributed by atoms with van der Waals surface area (Å²) in [6.45, 7) is 2.24. The van der Waals surface area contributed by atoms with E-state index in [1.54, 1.807) is 0 Å². The van der Waals surface area contributed by atoms with Gasteiger partial charge in [-0.1, -0.05) is 84.0 Å². The fourth-order valence-electron chi connectivity index (χ4n) is 2.59. The lowest BCUT2D eigenvalue weighted by atomic mass is 10.0. The number of rotatable bonds is 15. The topological polar surface area (TPSA) is 77.8 Å². The molecule has 0 saturated heterocycles. The third-order valence-corrected chi connectivity index (χ3v) is 4.74. The molecule has 0 saturated carbocycles. The summed E-state index contributed by atoms with van der Waals surface area (Å²) < 4.78 is 10.7. The highest BCUT2D eigenvalue weighted by atomic mass is 31.2. The highest BCUT2D eigenvalue weighted by molar-refractivity contribution is 7.51. The summed E-state index contributed by atoms with van der Waals surface area (Å²) in [4.78, 5) is 17.5. The molecule has 0 bridgehead atoms. The fraction of sp³-hybridized carbons (Fsp3) is 1.00. The van der Waals surface area contributed by atoms with Crippen LogP contribution < -0.4 is 0 Å². The van der Waals surface area contributed by atoms with Gasteiger partial charge in [-0.3, -0.25) is 4.57 Å². The molecule has 0 spiro atoms. The molecule has 0 aromatic heterocycles. The summed E-state index contributed by atoms with van der Waals surface area (Å²) in [6.07, 6.45) is 14.3. The zero-order valence-corrected chi connectivity index (χ0v) is 14.6. The van der Waals surface area contributed by atoms with Gasteiger partial charge in [-0.25, -0.2) is 0 Å². The smallest absolute Gasteiger partial charge is 0.328 e. The van der Waals surface area contributed by atoms with Crippen molar-refractivity contribution in [3.63, 3.8) is 0 Å². The van der Waals surface area contributed by atoms with Gasteiger partial charge in [0.2, 0.25) is 0 Å². The molecule has 0 aliphatic rings. The first-order chi connectivity index (χ1) is 9.95. The molecule has 128 valence electrons. The predicted octanol–water partition coefficient (Wildman–Crippen LogP) is 4.62. The van der Waals surface area contributed by atoms with E-state index in [4.69, 9.17) is 9.79 Å². The average Bonchev–Trinajstić information content (AvgIpc) is 2.38. The monoisotopic (exact) mass is 322 g/mol. The number of aliphatic hydroxyl groups is 1. The van der Waals surface area contributed by atoms with Crippen molar-refractivity contribution >= 4 is 7.60 Å². The van der Waals surface area contributed by atoms with Crippen LogP contribution in [0.2, 0.25) is 0 Å². The van der Waals surface area contributed by atoms with Crippen LogP contribution in [0, 0.1) is 0 Å². The first-order valence-electron chi connectivity index (χ1n) is 8.68. The molecular weight excluding hydrogens is 287 g/mol. The van der Waals surface area contributed by atoms with Crippen LogP contribution in [0.3, 0.4) is 0 Å². The molecule has 0 aliphatic heterocycles. The Morgan fingerprint density at radius 2 is 1.14 bits per heavy atom. The van der Waals surface area contributed by atoms with Crippen molar-refractivity contribution in [2.45, 2.75) is 96.5 Å². The van der Waals surface area contributed by atoms with Gasteiger partial charge in [0, 0.05) is 0 Å². The molecule has 0 aromatic carbocycles. The Bertz CT molecular complexity index is 265. The Morgan fingerprint density at radius 1 is 0.762 bits per heavy atom. The van der Waals surface area contributed by atoms with Crippen LogP contribution in [0.1, 0.15) is 90.4 Å². The number of aliphatic hydroxyl groups excluding tert-OH is 1. The molecule has 21 heavy (non-hydrogen) atoms. The lowest BCUT2D eigenvalue weighted by Gasteiger charge is -2.11. The van der Waals surface area contributed by atoms with E-state index in [0.29, 0.717) is 6.42 Å². The third-order valence-electron chi connectivity index (χ3n) is 3.84. The van der Waals surface area contributed by atoms with Crippen LogP contribution in [0.15, 0.2) is 0 Å². The van der Waals surface area contributed by atoms with Crippen molar-refractivity contribution in [2.24, 2.45) is 0 Å². The van der Waals surface area contributed by atoms with Crippen molar-refractivity contribution in [1.29, 1.82) is 0 Å². The zero-order chi connectivity index (χ0) is 16.0. The standard InChI is InChI=1S/C16H35O4P/c1-2-3-4-5-6-7-8-9-10-11-12-13-14-16(17)15-21(18,19)20/h16-17H,2-15H2,1H3,(H2,18,19,20). The Morgan fingerprint density at radius 3 is 1.52 bits per heavy atom.